The Hall–Kier alpha value is -0.120. The maximum atomic E-state index is 9.95. The molecule has 4 atom stereocenters. The molecule has 76 valence electrons. The molecular weight excluding hydrogens is 168 g/mol. The van der Waals surface area contributed by atoms with Crippen LogP contribution < -0.4 is 0 Å². The van der Waals surface area contributed by atoms with Gasteiger partial charge in [0.15, 0.2) is 0 Å². The summed E-state index contributed by atoms with van der Waals surface area (Å²) >= 11 is 0. The lowest BCUT2D eigenvalue weighted by Crippen LogP contribution is -2.58. The van der Waals surface area contributed by atoms with E-state index in [1.165, 1.54) is 0 Å². The molecular formula is C10H18O3. The number of hydrogen-bond acceptors (Lipinski definition) is 3. The summed E-state index contributed by atoms with van der Waals surface area (Å²) in [5.41, 5.74) is -1.37. The average molecular weight is 186 g/mol. The number of rotatable bonds is 0. The number of fused-ring (bicyclic) bond motifs is 2. The Morgan fingerprint density at radius 3 is 1.77 bits per heavy atom. The van der Waals surface area contributed by atoms with Crippen molar-refractivity contribution in [2.45, 2.75) is 62.9 Å². The molecule has 0 radical (unpaired) electrons. The number of hydrogen-bond donors (Lipinski definition) is 2. The molecule has 0 aromatic rings. The lowest BCUT2D eigenvalue weighted by atomic mass is 9.75. The third-order valence-corrected chi connectivity index (χ3v) is 3.54. The molecule has 2 N–H and O–H groups in total. The summed E-state index contributed by atoms with van der Waals surface area (Å²) in [4.78, 5) is 0. The zero-order valence-electron chi connectivity index (χ0n) is 8.29. The third-order valence-electron chi connectivity index (χ3n) is 3.54. The van der Waals surface area contributed by atoms with Gasteiger partial charge in [-0.05, 0) is 39.5 Å². The van der Waals surface area contributed by atoms with Crippen molar-refractivity contribution in [2.75, 3.05) is 0 Å². The molecule has 2 heterocycles. The summed E-state index contributed by atoms with van der Waals surface area (Å²) in [5, 5.41) is 19.9. The van der Waals surface area contributed by atoms with E-state index in [0.717, 1.165) is 25.7 Å². The van der Waals surface area contributed by atoms with Gasteiger partial charge < -0.3 is 14.9 Å². The molecule has 0 aromatic heterocycles. The topological polar surface area (TPSA) is 49.7 Å². The highest BCUT2D eigenvalue weighted by Gasteiger charge is 2.49. The van der Waals surface area contributed by atoms with Gasteiger partial charge in [0, 0.05) is 0 Å². The Kier molecular flexibility index (Phi) is 1.95. The summed E-state index contributed by atoms with van der Waals surface area (Å²) in [6.45, 7) is 3.65. The highest BCUT2D eigenvalue weighted by molar-refractivity contribution is 4.99. The molecule has 3 heteroatoms. The normalized spacial score (nSPS) is 56.3. The first-order valence-corrected chi connectivity index (χ1v) is 5.02. The predicted octanol–water partition coefficient (Wildman–Crippen LogP) is 0.830. The Balaban J connectivity index is 2.14. The molecule has 2 fully saturated rings. The maximum Gasteiger partial charge on any atom is 0.0881 e. The van der Waals surface area contributed by atoms with E-state index in [4.69, 9.17) is 4.74 Å². The van der Waals surface area contributed by atoms with Gasteiger partial charge >= 0.3 is 0 Å². The zero-order valence-corrected chi connectivity index (χ0v) is 8.29. The standard InChI is InChI=1S/C10H18O3/c1-9(11)5-3-8-10(2,12)6-4-7(9)13-8/h7-8,11-12H,3-6H2,1-2H3/t7-,8-,9-,10-/m0/s1. The van der Waals surface area contributed by atoms with Gasteiger partial charge in [-0.15, -0.1) is 0 Å². The van der Waals surface area contributed by atoms with Crippen molar-refractivity contribution in [2.24, 2.45) is 0 Å². The average Bonchev–Trinajstić information content (AvgIpc) is 2.01. The van der Waals surface area contributed by atoms with Crippen molar-refractivity contribution < 1.29 is 14.9 Å². The summed E-state index contributed by atoms with van der Waals surface area (Å²) in [5.74, 6) is 0. The van der Waals surface area contributed by atoms with E-state index >= 15 is 0 Å². The van der Waals surface area contributed by atoms with Crippen LogP contribution in [-0.2, 0) is 4.74 Å². The van der Waals surface area contributed by atoms with Crippen LogP contribution in [0, 0.1) is 0 Å². The van der Waals surface area contributed by atoms with Gasteiger partial charge in [0.1, 0.15) is 0 Å². The molecule has 0 aromatic carbocycles. The van der Waals surface area contributed by atoms with E-state index < -0.39 is 11.2 Å². The quantitative estimate of drug-likeness (QED) is 0.589. The van der Waals surface area contributed by atoms with Crippen LogP contribution >= 0.6 is 0 Å². The molecule has 2 aliphatic heterocycles. The first-order valence-electron chi connectivity index (χ1n) is 5.02. The summed E-state index contributed by atoms with van der Waals surface area (Å²) in [6.07, 6.45) is 2.84. The zero-order chi connectivity index (χ0) is 9.69. The lowest BCUT2D eigenvalue weighted by molar-refractivity contribution is -0.245. The minimum atomic E-state index is -0.688. The summed E-state index contributed by atoms with van der Waals surface area (Å²) < 4.78 is 5.65. The summed E-state index contributed by atoms with van der Waals surface area (Å²) in [7, 11) is 0. The van der Waals surface area contributed by atoms with Crippen molar-refractivity contribution in [3.63, 3.8) is 0 Å². The molecule has 2 bridgehead atoms. The van der Waals surface area contributed by atoms with Gasteiger partial charge in [0.2, 0.25) is 0 Å². The molecule has 0 unspecified atom stereocenters. The molecule has 0 saturated carbocycles. The summed E-state index contributed by atoms with van der Waals surface area (Å²) in [6, 6.07) is 0. The first-order chi connectivity index (χ1) is 5.92. The van der Waals surface area contributed by atoms with Crippen LogP contribution in [0.4, 0.5) is 0 Å². The van der Waals surface area contributed by atoms with E-state index in [0.29, 0.717) is 0 Å². The number of aliphatic hydroxyl groups is 2. The minimum Gasteiger partial charge on any atom is -0.387 e. The Bertz CT molecular complexity index is 188. The SMILES string of the molecule is C[C@]1(O)CC[C@@H]2O[C@H]1CC[C@]2(C)O. The fourth-order valence-electron chi connectivity index (χ4n) is 2.42. The van der Waals surface area contributed by atoms with Crippen molar-refractivity contribution in [3.05, 3.63) is 0 Å². The number of ether oxygens (including phenoxy) is 1. The van der Waals surface area contributed by atoms with Crippen LogP contribution in [0.25, 0.3) is 0 Å². The van der Waals surface area contributed by atoms with Crippen molar-refractivity contribution in [1.29, 1.82) is 0 Å². The van der Waals surface area contributed by atoms with Crippen LogP contribution in [0.15, 0.2) is 0 Å². The molecule has 0 spiro atoms. The van der Waals surface area contributed by atoms with Crippen LogP contribution in [0.1, 0.15) is 39.5 Å². The monoisotopic (exact) mass is 186 g/mol. The first kappa shape index (κ1) is 9.44. The van der Waals surface area contributed by atoms with Gasteiger partial charge in [0.05, 0.1) is 23.4 Å². The smallest absolute Gasteiger partial charge is 0.0881 e. The molecule has 3 nitrogen and oxygen atoms in total. The molecule has 0 aliphatic carbocycles. The van der Waals surface area contributed by atoms with Gasteiger partial charge in [-0.3, -0.25) is 0 Å². The van der Waals surface area contributed by atoms with E-state index in [2.05, 4.69) is 0 Å². The third kappa shape index (κ3) is 1.49. The van der Waals surface area contributed by atoms with Gasteiger partial charge in [-0.1, -0.05) is 0 Å². The van der Waals surface area contributed by atoms with E-state index in [-0.39, 0.29) is 12.2 Å². The van der Waals surface area contributed by atoms with Crippen LogP contribution in [0.5, 0.6) is 0 Å². The Morgan fingerprint density at radius 1 is 1.00 bits per heavy atom. The van der Waals surface area contributed by atoms with Crippen molar-refractivity contribution in [1.82, 2.24) is 0 Å². The van der Waals surface area contributed by atoms with Gasteiger partial charge in [-0.2, -0.15) is 0 Å². The van der Waals surface area contributed by atoms with E-state index in [1.807, 2.05) is 13.8 Å². The van der Waals surface area contributed by atoms with Crippen molar-refractivity contribution in [3.8, 4) is 0 Å². The predicted molar refractivity (Wildman–Crippen MR) is 48.4 cm³/mol. The van der Waals surface area contributed by atoms with Gasteiger partial charge in [0.25, 0.3) is 0 Å². The fourth-order valence-corrected chi connectivity index (χ4v) is 2.42. The molecule has 0 amide bonds. The van der Waals surface area contributed by atoms with E-state index in [1.54, 1.807) is 0 Å². The Labute approximate surface area is 78.7 Å². The highest BCUT2D eigenvalue weighted by atomic mass is 16.5. The van der Waals surface area contributed by atoms with Crippen LogP contribution in [0.3, 0.4) is 0 Å². The second kappa shape index (κ2) is 2.69. The Morgan fingerprint density at radius 2 is 1.38 bits per heavy atom. The minimum absolute atomic E-state index is 0.0773. The van der Waals surface area contributed by atoms with Crippen LogP contribution in [0.2, 0.25) is 0 Å². The van der Waals surface area contributed by atoms with Crippen LogP contribution in [-0.4, -0.2) is 33.6 Å². The fraction of sp³-hybridized carbons (Fsp3) is 1.00. The lowest BCUT2D eigenvalue weighted by Gasteiger charge is -2.50. The van der Waals surface area contributed by atoms with Gasteiger partial charge in [-0.25, -0.2) is 0 Å². The van der Waals surface area contributed by atoms with E-state index in [9.17, 15) is 10.2 Å². The second-order valence-corrected chi connectivity index (χ2v) is 4.91. The molecule has 13 heavy (non-hydrogen) atoms. The second-order valence-electron chi connectivity index (χ2n) is 4.91. The molecule has 2 rings (SSSR count). The molecule has 2 aliphatic rings. The molecule has 2 saturated heterocycles. The largest absolute Gasteiger partial charge is 0.387 e. The maximum absolute atomic E-state index is 9.95. The highest BCUT2D eigenvalue weighted by Crippen LogP contribution is 2.41. The van der Waals surface area contributed by atoms with Crippen molar-refractivity contribution >= 4 is 0 Å².